The highest BCUT2D eigenvalue weighted by molar-refractivity contribution is 9.10. The van der Waals surface area contributed by atoms with Crippen molar-refractivity contribution in [1.82, 2.24) is 9.80 Å². The highest BCUT2D eigenvalue weighted by atomic mass is 79.9. The molecular formula is C14H21BrN2O. The van der Waals surface area contributed by atoms with Crippen molar-refractivity contribution in [2.45, 2.75) is 25.9 Å². The Morgan fingerprint density at radius 2 is 2.17 bits per heavy atom. The molecule has 0 radical (unpaired) electrons. The van der Waals surface area contributed by atoms with Crippen LogP contribution in [0.4, 0.5) is 0 Å². The van der Waals surface area contributed by atoms with Crippen molar-refractivity contribution < 1.29 is 5.11 Å². The molecule has 0 saturated carbocycles. The molecule has 0 aromatic heterocycles. The Balaban J connectivity index is 2.03. The molecule has 100 valence electrons. The molecule has 1 atom stereocenters. The normalized spacial score (nSPS) is 22.3. The van der Waals surface area contributed by atoms with Gasteiger partial charge in [0.15, 0.2) is 0 Å². The first-order valence-electron chi connectivity index (χ1n) is 6.50. The van der Waals surface area contributed by atoms with Gasteiger partial charge < -0.3 is 10.0 Å². The average Bonchev–Trinajstić information content (AvgIpc) is 2.36. The minimum absolute atomic E-state index is 0.342. The van der Waals surface area contributed by atoms with Crippen LogP contribution in [0.25, 0.3) is 0 Å². The van der Waals surface area contributed by atoms with Crippen molar-refractivity contribution in [3.8, 4) is 5.75 Å². The van der Waals surface area contributed by atoms with Crippen molar-refractivity contribution in [3.05, 3.63) is 28.2 Å². The van der Waals surface area contributed by atoms with Crippen LogP contribution in [0.5, 0.6) is 5.75 Å². The van der Waals surface area contributed by atoms with Gasteiger partial charge in [-0.2, -0.15) is 0 Å². The maximum atomic E-state index is 9.56. The molecule has 1 aromatic carbocycles. The summed E-state index contributed by atoms with van der Waals surface area (Å²) in [5, 5.41) is 9.56. The zero-order valence-corrected chi connectivity index (χ0v) is 12.7. The van der Waals surface area contributed by atoms with E-state index in [1.165, 1.54) is 6.42 Å². The van der Waals surface area contributed by atoms with Gasteiger partial charge in [-0.25, -0.2) is 0 Å². The molecule has 18 heavy (non-hydrogen) atoms. The van der Waals surface area contributed by atoms with Crippen molar-refractivity contribution in [1.29, 1.82) is 0 Å². The fraction of sp³-hybridized carbons (Fsp3) is 0.571. The van der Waals surface area contributed by atoms with E-state index in [-0.39, 0.29) is 0 Å². The number of nitrogens with zero attached hydrogens (tertiary/aromatic N) is 2. The SMILES string of the molecule is CCC1CN(Cc2cc(O)ccc2Br)CCN1C. The number of phenols is 1. The van der Waals surface area contributed by atoms with Crippen LogP contribution in [-0.4, -0.2) is 47.6 Å². The van der Waals surface area contributed by atoms with E-state index < -0.39 is 0 Å². The Hall–Kier alpha value is -0.580. The first-order valence-corrected chi connectivity index (χ1v) is 7.29. The largest absolute Gasteiger partial charge is 0.508 e. The second-order valence-corrected chi connectivity index (χ2v) is 5.91. The third-order valence-electron chi connectivity index (χ3n) is 3.76. The summed E-state index contributed by atoms with van der Waals surface area (Å²) >= 11 is 3.55. The lowest BCUT2D eigenvalue weighted by atomic mass is 10.1. The van der Waals surface area contributed by atoms with Crippen LogP contribution in [0.3, 0.4) is 0 Å². The number of benzene rings is 1. The molecule has 1 fully saturated rings. The van der Waals surface area contributed by atoms with Gasteiger partial charge in [0.2, 0.25) is 0 Å². The Morgan fingerprint density at radius 1 is 1.39 bits per heavy atom. The Labute approximate surface area is 118 Å². The van der Waals surface area contributed by atoms with Gasteiger partial charge in [0.25, 0.3) is 0 Å². The molecule has 1 heterocycles. The van der Waals surface area contributed by atoms with Gasteiger partial charge in [0.1, 0.15) is 5.75 Å². The summed E-state index contributed by atoms with van der Waals surface area (Å²) in [5.41, 5.74) is 1.16. The molecule has 3 nitrogen and oxygen atoms in total. The second-order valence-electron chi connectivity index (χ2n) is 5.05. The molecular weight excluding hydrogens is 292 g/mol. The summed E-state index contributed by atoms with van der Waals surface area (Å²) in [7, 11) is 2.20. The summed E-state index contributed by atoms with van der Waals surface area (Å²) in [5.74, 6) is 0.342. The van der Waals surface area contributed by atoms with Gasteiger partial charge in [-0.05, 0) is 37.2 Å². The average molecular weight is 313 g/mol. The minimum atomic E-state index is 0.342. The lowest BCUT2D eigenvalue weighted by Gasteiger charge is -2.39. The number of hydrogen-bond donors (Lipinski definition) is 1. The third-order valence-corrected chi connectivity index (χ3v) is 4.53. The van der Waals surface area contributed by atoms with E-state index in [9.17, 15) is 5.11 Å². The van der Waals surface area contributed by atoms with Crippen molar-refractivity contribution in [2.75, 3.05) is 26.7 Å². The summed E-state index contributed by atoms with van der Waals surface area (Å²) in [4.78, 5) is 4.90. The van der Waals surface area contributed by atoms with Crippen LogP contribution in [-0.2, 0) is 6.54 Å². The number of rotatable bonds is 3. The number of aromatic hydroxyl groups is 1. The Kier molecular flexibility index (Phi) is 4.65. The lowest BCUT2D eigenvalue weighted by molar-refractivity contribution is 0.0882. The van der Waals surface area contributed by atoms with Crippen molar-refractivity contribution >= 4 is 15.9 Å². The van der Waals surface area contributed by atoms with E-state index >= 15 is 0 Å². The van der Waals surface area contributed by atoms with Crippen LogP contribution in [0.1, 0.15) is 18.9 Å². The summed E-state index contributed by atoms with van der Waals surface area (Å²) in [6, 6.07) is 6.13. The maximum absolute atomic E-state index is 9.56. The third kappa shape index (κ3) is 3.25. The fourth-order valence-corrected chi connectivity index (χ4v) is 2.89. The molecule has 1 aliphatic rings. The Bertz CT molecular complexity index is 411. The van der Waals surface area contributed by atoms with E-state index in [0.717, 1.165) is 36.2 Å². The predicted octanol–water partition coefficient (Wildman–Crippen LogP) is 2.68. The summed E-state index contributed by atoms with van der Waals surface area (Å²) in [6.07, 6.45) is 1.19. The van der Waals surface area contributed by atoms with Crippen LogP contribution < -0.4 is 0 Å². The van der Waals surface area contributed by atoms with Crippen LogP contribution in [0.2, 0.25) is 0 Å². The van der Waals surface area contributed by atoms with Crippen LogP contribution in [0.15, 0.2) is 22.7 Å². The predicted molar refractivity (Wildman–Crippen MR) is 77.8 cm³/mol. The molecule has 1 aromatic rings. The smallest absolute Gasteiger partial charge is 0.115 e. The topological polar surface area (TPSA) is 26.7 Å². The second kappa shape index (κ2) is 6.04. The monoisotopic (exact) mass is 312 g/mol. The van der Waals surface area contributed by atoms with E-state index in [1.54, 1.807) is 6.07 Å². The molecule has 1 unspecified atom stereocenters. The standard InChI is InChI=1S/C14H21BrN2O/c1-3-12-10-17(7-6-16(12)2)9-11-8-13(18)4-5-14(11)15/h4-5,8,12,18H,3,6-7,9-10H2,1-2H3. The maximum Gasteiger partial charge on any atom is 0.115 e. The van der Waals surface area contributed by atoms with Crippen molar-refractivity contribution in [2.24, 2.45) is 0 Å². The van der Waals surface area contributed by atoms with Gasteiger partial charge >= 0.3 is 0 Å². The van der Waals surface area contributed by atoms with Crippen LogP contribution in [0, 0.1) is 0 Å². The molecule has 0 amide bonds. The molecule has 2 rings (SSSR count). The van der Waals surface area contributed by atoms with Gasteiger partial charge in [-0.1, -0.05) is 22.9 Å². The molecule has 4 heteroatoms. The molecule has 1 saturated heterocycles. The number of phenolic OH excluding ortho intramolecular Hbond substituents is 1. The summed E-state index contributed by atoms with van der Waals surface area (Å²) in [6.45, 7) is 6.47. The minimum Gasteiger partial charge on any atom is -0.508 e. The highest BCUT2D eigenvalue weighted by Crippen LogP contribution is 2.24. The number of hydrogen-bond acceptors (Lipinski definition) is 3. The number of likely N-dealkylation sites (N-methyl/N-ethyl adjacent to an activating group) is 1. The first kappa shape index (κ1) is 13.8. The molecule has 0 bridgehead atoms. The van der Waals surface area contributed by atoms with E-state index in [2.05, 4.69) is 39.7 Å². The van der Waals surface area contributed by atoms with Gasteiger partial charge in [-0.3, -0.25) is 4.90 Å². The zero-order chi connectivity index (χ0) is 13.1. The quantitative estimate of drug-likeness (QED) is 0.929. The Morgan fingerprint density at radius 3 is 2.89 bits per heavy atom. The van der Waals surface area contributed by atoms with E-state index in [1.807, 2.05) is 12.1 Å². The van der Waals surface area contributed by atoms with Crippen LogP contribution >= 0.6 is 15.9 Å². The van der Waals surface area contributed by atoms with Gasteiger partial charge in [-0.15, -0.1) is 0 Å². The molecule has 1 N–H and O–H groups in total. The molecule has 0 aliphatic carbocycles. The van der Waals surface area contributed by atoms with Gasteiger partial charge in [0.05, 0.1) is 0 Å². The fourth-order valence-electron chi connectivity index (χ4n) is 2.52. The van der Waals surface area contributed by atoms with Crippen molar-refractivity contribution in [3.63, 3.8) is 0 Å². The first-order chi connectivity index (χ1) is 8.60. The molecule has 1 aliphatic heterocycles. The van der Waals surface area contributed by atoms with E-state index in [0.29, 0.717) is 11.8 Å². The lowest BCUT2D eigenvalue weighted by Crippen LogP contribution is -2.50. The van der Waals surface area contributed by atoms with E-state index in [4.69, 9.17) is 0 Å². The number of halogens is 1. The highest BCUT2D eigenvalue weighted by Gasteiger charge is 2.23. The summed E-state index contributed by atoms with van der Waals surface area (Å²) < 4.78 is 1.08. The number of piperazine rings is 1. The van der Waals surface area contributed by atoms with Gasteiger partial charge in [0, 0.05) is 36.7 Å². The zero-order valence-electron chi connectivity index (χ0n) is 11.1. The molecule has 0 spiro atoms.